The molecule has 2 aromatic rings. The molecule has 0 bridgehead atoms. The normalized spacial score (nSPS) is 10.4. The number of aromatic nitrogens is 2. The van der Waals surface area contributed by atoms with Gasteiger partial charge in [0.1, 0.15) is 12.4 Å². The number of hydrogen-bond donors (Lipinski definition) is 0. The molecule has 1 aromatic heterocycles. The van der Waals surface area contributed by atoms with Crippen LogP contribution in [0.3, 0.4) is 0 Å². The molecule has 0 fully saturated rings. The summed E-state index contributed by atoms with van der Waals surface area (Å²) in [5.74, 6) is 1.26. The van der Waals surface area contributed by atoms with Crippen LogP contribution in [0, 0.1) is 0 Å². The van der Waals surface area contributed by atoms with Gasteiger partial charge in [0.05, 0.1) is 18.7 Å². The maximum Gasteiger partial charge on any atom is 0.257 e. The predicted octanol–water partition coefficient (Wildman–Crippen LogP) is 2.10. The summed E-state index contributed by atoms with van der Waals surface area (Å²) in [5, 5.41) is 3.86. The van der Waals surface area contributed by atoms with Crippen molar-refractivity contribution >= 4 is 5.91 Å². The molecule has 0 aliphatic rings. The van der Waals surface area contributed by atoms with Gasteiger partial charge in [0.2, 0.25) is 5.89 Å². The lowest BCUT2D eigenvalue weighted by molar-refractivity contribution is 0.0765. The summed E-state index contributed by atoms with van der Waals surface area (Å²) in [4.78, 5) is 18.4. The zero-order valence-electron chi connectivity index (χ0n) is 13.9. The number of carbonyl (C=O) groups is 1. The van der Waals surface area contributed by atoms with Gasteiger partial charge in [0, 0.05) is 20.6 Å². The number of benzene rings is 1. The van der Waals surface area contributed by atoms with Gasteiger partial charge in [0.25, 0.3) is 5.91 Å². The van der Waals surface area contributed by atoms with E-state index in [1.807, 2.05) is 6.07 Å². The average molecular weight is 331 g/mol. The van der Waals surface area contributed by atoms with Crippen molar-refractivity contribution in [2.45, 2.75) is 13.0 Å². The molecular weight excluding hydrogens is 310 g/mol. The smallest absolute Gasteiger partial charge is 0.257 e. The van der Waals surface area contributed by atoms with E-state index < -0.39 is 0 Å². The number of rotatable bonds is 9. The first-order chi connectivity index (χ1) is 11.7. The minimum Gasteiger partial charge on any atom is -0.489 e. The van der Waals surface area contributed by atoms with Crippen molar-refractivity contribution in [2.24, 2.45) is 0 Å². The molecule has 0 spiro atoms. The van der Waals surface area contributed by atoms with Crippen LogP contribution in [0.5, 0.6) is 5.75 Å². The Morgan fingerprint density at radius 1 is 1.42 bits per heavy atom. The van der Waals surface area contributed by atoms with E-state index in [9.17, 15) is 4.79 Å². The van der Waals surface area contributed by atoms with Crippen LogP contribution >= 0.6 is 0 Å². The molecule has 0 aliphatic carbocycles. The number of amides is 1. The zero-order chi connectivity index (χ0) is 17.4. The van der Waals surface area contributed by atoms with Crippen molar-refractivity contribution in [3.05, 3.63) is 54.2 Å². The van der Waals surface area contributed by atoms with Gasteiger partial charge in [-0.15, -0.1) is 0 Å². The Bertz CT molecular complexity index is 684. The second-order valence-electron chi connectivity index (χ2n) is 5.10. The molecule has 7 nitrogen and oxygen atoms in total. The Morgan fingerprint density at radius 2 is 2.21 bits per heavy atom. The number of hydrogen-bond acceptors (Lipinski definition) is 6. The van der Waals surface area contributed by atoms with Gasteiger partial charge in [-0.3, -0.25) is 4.79 Å². The van der Waals surface area contributed by atoms with Crippen LogP contribution in [-0.4, -0.2) is 48.3 Å². The van der Waals surface area contributed by atoms with Crippen LogP contribution in [0.2, 0.25) is 0 Å². The van der Waals surface area contributed by atoms with Gasteiger partial charge in [-0.05, 0) is 12.1 Å². The van der Waals surface area contributed by atoms with Gasteiger partial charge in [-0.1, -0.05) is 29.9 Å². The van der Waals surface area contributed by atoms with Crippen molar-refractivity contribution in [3.63, 3.8) is 0 Å². The third-order valence-corrected chi connectivity index (χ3v) is 3.23. The van der Waals surface area contributed by atoms with Gasteiger partial charge in [-0.2, -0.15) is 4.98 Å². The topological polar surface area (TPSA) is 77.7 Å². The van der Waals surface area contributed by atoms with Crippen molar-refractivity contribution in [3.8, 4) is 5.75 Å². The van der Waals surface area contributed by atoms with Gasteiger partial charge >= 0.3 is 0 Å². The summed E-state index contributed by atoms with van der Waals surface area (Å²) in [6, 6.07) is 7.07. The standard InChI is InChI=1S/C17H21N3O4/c1-4-10-23-14-8-6-5-7-13(14)17(21)20(2)12-16-18-15(19-24-16)9-11-22-3/h4-8H,1,9-12H2,2-3H3. The molecule has 0 saturated heterocycles. The molecule has 0 unspecified atom stereocenters. The van der Waals surface area contributed by atoms with E-state index >= 15 is 0 Å². The summed E-state index contributed by atoms with van der Waals surface area (Å²) in [5.41, 5.74) is 0.473. The third-order valence-electron chi connectivity index (χ3n) is 3.23. The van der Waals surface area contributed by atoms with Crippen molar-refractivity contribution in [1.82, 2.24) is 15.0 Å². The quantitative estimate of drug-likeness (QED) is 0.655. The largest absolute Gasteiger partial charge is 0.489 e. The zero-order valence-corrected chi connectivity index (χ0v) is 13.9. The second kappa shape index (κ2) is 8.83. The molecule has 0 saturated carbocycles. The number of methoxy groups -OCH3 is 1. The summed E-state index contributed by atoms with van der Waals surface area (Å²) in [7, 11) is 3.28. The molecule has 7 heteroatoms. The van der Waals surface area contributed by atoms with E-state index in [2.05, 4.69) is 16.7 Å². The average Bonchev–Trinajstić information content (AvgIpc) is 3.05. The number of nitrogens with zero attached hydrogens (tertiary/aromatic N) is 3. The first-order valence-electron chi connectivity index (χ1n) is 7.54. The molecule has 1 amide bonds. The Kier molecular flexibility index (Phi) is 6.51. The molecule has 24 heavy (non-hydrogen) atoms. The van der Waals surface area contributed by atoms with Gasteiger partial charge in [-0.25, -0.2) is 0 Å². The summed E-state index contributed by atoms with van der Waals surface area (Å²) in [6.07, 6.45) is 2.20. The lowest BCUT2D eigenvalue weighted by atomic mass is 10.2. The molecule has 0 radical (unpaired) electrons. The van der Waals surface area contributed by atoms with Gasteiger partial charge < -0.3 is 18.9 Å². The maximum absolute atomic E-state index is 12.6. The molecule has 1 aromatic carbocycles. The monoisotopic (exact) mass is 331 g/mol. The van der Waals surface area contributed by atoms with E-state index in [0.717, 1.165) is 0 Å². The molecule has 2 rings (SSSR count). The Hall–Kier alpha value is -2.67. The maximum atomic E-state index is 12.6. The number of ether oxygens (including phenoxy) is 2. The highest BCUT2D eigenvalue weighted by atomic mass is 16.5. The Labute approximate surface area is 140 Å². The Morgan fingerprint density at radius 3 is 2.96 bits per heavy atom. The summed E-state index contributed by atoms with van der Waals surface area (Å²) in [6.45, 7) is 4.67. The molecule has 0 atom stereocenters. The van der Waals surface area contributed by atoms with Crippen molar-refractivity contribution in [1.29, 1.82) is 0 Å². The van der Waals surface area contributed by atoms with Crippen molar-refractivity contribution in [2.75, 3.05) is 27.4 Å². The number of carbonyl (C=O) groups excluding carboxylic acids is 1. The van der Waals surface area contributed by atoms with Crippen LogP contribution in [0.1, 0.15) is 22.1 Å². The SMILES string of the molecule is C=CCOc1ccccc1C(=O)N(C)Cc1nc(CCOC)no1. The first-order valence-corrected chi connectivity index (χ1v) is 7.54. The third kappa shape index (κ3) is 4.66. The van der Waals surface area contributed by atoms with E-state index in [-0.39, 0.29) is 12.5 Å². The minimum atomic E-state index is -0.189. The molecule has 0 aliphatic heterocycles. The molecule has 1 heterocycles. The highest BCUT2D eigenvalue weighted by molar-refractivity contribution is 5.96. The summed E-state index contributed by atoms with van der Waals surface area (Å²) < 4.78 is 15.7. The van der Waals surface area contributed by atoms with Crippen molar-refractivity contribution < 1.29 is 18.8 Å². The highest BCUT2D eigenvalue weighted by Crippen LogP contribution is 2.20. The highest BCUT2D eigenvalue weighted by Gasteiger charge is 2.19. The van der Waals surface area contributed by atoms with E-state index in [0.29, 0.717) is 42.7 Å². The molecular formula is C17H21N3O4. The van der Waals surface area contributed by atoms with E-state index in [1.54, 1.807) is 38.4 Å². The minimum absolute atomic E-state index is 0.189. The fourth-order valence-electron chi connectivity index (χ4n) is 2.05. The first kappa shape index (κ1) is 17.7. The van der Waals surface area contributed by atoms with Crippen LogP contribution in [0.4, 0.5) is 0 Å². The van der Waals surface area contributed by atoms with Crippen LogP contribution in [-0.2, 0) is 17.7 Å². The van der Waals surface area contributed by atoms with Gasteiger partial charge in [0.15, 0.2) is 5.82 Å². The molecule has 0 N–H and O–H groups in total. The predicted molar refractivity (Wildman–Crippen MR) is 87.8 cm³/mol. The van der Waals surface area contributed by atoms with Crippen LogP contribution in [0.15, 0.2) is 41.4 Å². The van der Waals surface area contributed by atoms with E-state index in [4.69, 9.17) is 14.0 Å². The summed E-state index contributed by atoms with van der Waals surface area (Å²) >= 11 is 0. The number of para-hydroxylation sites is 1. The van der Waals surface area contributed by atoms with Crippen LogP contribution in [0.25, 0.3) is 0 Å². The lowest BCUT2D eigenvalue weighted by Gasteiger charge is -2.17. The second-order valence-corrected chi connectivity index (χ2v) is 5.10. The fourth-order valence-corrected chi connectivity index (χ4v) is 2.05. The van der Waals surface area contributed by atoms with E-state index in [1.165, 1.54) is 4.90 Å². The Balaban J connectivity index is 2.04. The fraction of sp³-hybridized carbons (Fsp3) is 0.353. The lowest BCUT2D eigenvalue weighted by Crippen LogP contribution is -2.27. The van der Waals surface area contributed by atoms with Crippen LogP contribution < -0.4 is 4.74 Å². The molecule has 128 valence electrons.